The molecule has 3 amide bonds. The Labute approximate surface area is 112 Å². The smallest absolute Gasteiger partial charge is 0.271 e. The molecule has 6 nitrogen and oxygen atoms in total. The van der Waals surface area contributed by atoms with Gasteiger partial charge in [0.05, 0.1) is 0 Å². The first-order valence-electron chi connectivity index (χ1n) is 5.51. The third-order valence-electron chi connectivity index (χ3n) is 2.78. The second-order valence-electron chi connectivity index (χ2n) is 4.00. The summed E-state index contributed by atoms with van der Waals surface area (Å²) in [6.07, 6.45) is 2.09. The minimum Gasteiger partial charge on any atom is -0.356 e. The van der Waals surface area contributed by atoms with Crippen LogP contribution in [0.25, 0.3) is 0 Å². The summed E-state index contributed by atoms with van der Waals surface area (Å²) in [4.78, 5) is 39.3. The Morgan fingerprint density at radius 1 is 1.56 bits per heavy atom. The van der Waals surface area contributed by atoms with Crippen molar-refractivity contribution in [2.45, 2.75) is 19.4 Å². The highest BCUT2D eigenvalue weighted by Gasteiger charge is 2.36. The number of carbonyl (C=O) groups is 3. The normalized spacial score (nSPS) is 19.9. The highest BCUT2D eigenvalue weighted by Crippen LogP contribution is 2.16. The van der Waals surface area contributed by atoms with Crippen LogP contribution in [0.2, 0.25) is 0 Å². The Morgan fingerprint density at radius 2 is 2.28 bits per heavy atom. The van der Waals surface area contributed by atoms with E-state index in [1.807, 2.05) is 0 Å². The molecule has 0 spiro atoms. The molecule has 1 aromatic heterocycles. The summed E-state index contributed by atoms with van der Waals surface area (Å²) in [6.45, 7) is 1.70. The highest BCUT2D eigenvalue weighted by atomic mass is 79.9. The van der Waals surface area contributed by atoms with E-state index in [9.17, 15) is 14.4 Å². The maximum absolute atomic E-state index is 12.2. The van der Waals surface area contributed by atoms with Gasteiger partial charge in [-0.25, -0.2) is 0 Å². The predicted molar refractivity (Wildman–Crippen MR) is 66.8 cm³/mol. The number of hydrogen-bond donors (Lipinski definition) is 2. The molecule has 0 aliphatic carbocycles. The molecule has 0 aromatic carbocycles. The number of piperazine rings is 1. The molecule has 1 aromatic rings. The first-order valence-corrected chi connectivity index (χ1v) is 6.30. The number of halogens is 1. The lowest BCUT2D eigenvalue weighted by molar-refractivity contribution is -0.138. The summed E-state index contributed by atoms with van der Waals surface area (Å²) >= 11 is 3.23. The van der Waals surface area contributed by atoms with Crippen molar-refractivity contribution in [1.82, 2.24) is 15.2 Å². The molecule has 0 radical (unpaired) electrons. The van der Waals surface area contributed by atoms with E-state index in [0.717, 1.165) is 4.47 Å². The van der Waals surface area contributed by atoms with Crippen LogP contribution in [-0.4, -0.2) is 40.2 Å². The van der Waals surface area contributed by atoms with Gasteiger partial charge in [-0.1, -0.05) is 6.92 Å². The number of hydrogen-bond acceptors (Lipinski definition) is 3. The zero-order valence-corrected chi connectivity index (χ0v) is 11.3. The Morgan fingerprint density at radius 3 is 2.83 bits per heavy atom. The number of imide groups is 1. The molecule has 7 heteroatoms. The summed E-state index contributed by atoms with van der Waals surface area (Å²) in [5, 5.41) is 2.23. The van der Waals surface area contributed by atoms with Crippen molar-refractivity contribution < 1.29 is 14.4 Å². The SMILES string of the molecule is CCC1C(=O)NC(=O)CN1C(=O)c1cc(Br)c[nH]1. The van der Waals surface area contributed by atoms with Gasteiger partial charge in [0, 0.05) is 10.7 Å². The molecule has 1 aliphatic heterocycles. The summed E-state index contributed by atoms with van der Waals surface area (Å²) in [7, 11) is 0. The fourth-order valence-electron chi connectivity index (χ4n) is 1.93. The fraction of sp³-hybridized carbons (Fsp3) is 0.364. The Hall–Kier alpha value is -1.63. The Kier molecular flexibility index (Phi) is 3.51. The number of nitrogens with zero attached hydrogens (tertiary/aromatic N) is 1. The van der Waals surface area contributed by atoms with Crippen LogP contribution in [0.4, 0.5) is 0 Å². The molecule has 96 valence electrons. The number of aromatic nitrogens is 1. The van der Waals surface area contributed by atoms with E-state index >= 15 is 0 Å². The van der Waals surface area contributed by atoms with E-state index in [0.29, 0.717) is 12.1 Å². The van der Waals surface area contributed by atoms with Gasteiger partial charge >= 0.3 is 0 Å². The van der Waals surface area contributed by atoms with E-state index in [1.54, 1.807) is 19.2 Å². The maximum atomic E-state index is 12.2. The lowest BCUT2D eigenvalue weighted by Gasteiger charge is -2.33. The molecule has 1 saturated heterocycles. The molecule has 2 heterocycles. The lowest BCUT2D eigenvalue weighted by Crippen LogP contribution is -2.59. The molecule has 1 fully saturated rings. The average Bonchev–Trinajstić information content (AvgIpc) is 2.74. The van der Waals surface area contributed by atoms with E-state index in [2.05, 4.69) is 26.2 Å². The number of aromatic amines is 1. The molecule has 2 N–H and O–H groups in total. The van der Waals surface area contributed by atoms with Crippen molar-refractivity contribution in [3.05, 3.63) is 22.4 Å². The Bertz CT molecular complexity index is 511. The molecular formula is C11H12BrN3O3. The van der Waals surface area contributed by atoms with Crippen molar-refractivity contribution in [1.29, 1.82) is 0 Å². The van der Waals surface area contributed by atoms with Crippen LogP contribution in [0.5, 0.6) is 0 Å². The van der Waals surface area contributed by atoms with Crippen LogP contribution in [0.15, 0.2) is 16.7 Å². The van der Waals surface area contributed by atoms with Crippen molar-refractivity contribution in [2.24, 2.45) is 0 Å². The van der Waals surface area contributed by atoms with Crippen molar-refractivity contribution in [3.63, 3.8) is 0 Å². The zero-order valence-electron chi connectivity index (χ0n) is 9.70. The van der Waals surface area contributed by atoms with Gasteiger partial charge in [0.2, 0.25) is 11.8 Å². The Balaban J connectivity index is 2.26. The number of H-pyrrole nitrogens is 1. The summed E-state index contributed by atoms with van der Waals surface area (Å²) in [5.41, 5.74) is 0.350. The van der Waals surface area contributed by atoms with Gasteiger partial charge in [-0.2, -0.15) is 0 Å². The van der Waals surface area contributed by atoms with Crippen LogP contribution in [0, 0.1) is 0 Å². The highest BCUT2D eigenvalue weighted by molar-refractivity contribution is 9.10. The second-order valence-corrected chi connectivity index (χ2v) is 4.92. The molecule has 18 heavy (non-hydrogen) atoms. The zero-order chi connectivity index (χ0) is 13.3. The van der Waals surface area contributed by atoms with E-state index in [4.69, 9.17) is 0 Å². The first kappa shape index (κ1) is 12.8. The number of nitrogens with one attached hydrogen (secondary N) is 2. The van der Waals surface area contributed by atoms with Crippen LogP contribution in [0.1, 0.15) is 23.8 Å². The largest absolute Gasteiger partial charge is 0.356 e. The number of amides is 3. The second kappa shape index (κ2) is 4.93. The van der Waals surface area contributed by atoms with Gasteiger partial charge < -0.3 is 9.88 Å². The van der Waals surface area contributed by atoms with E-state index in [1.165, 1.54) is 4.90 Å². The van der Waals surface area contributed by atoms with Gasteiger partial charge in [0.1, 0.15) is 18.3 Å². The van der Waals surface area contributed by atoms with Gasteiger partial charge in [-0.05, 0) is 28.4 Å². The van der Waals surface area contributed by atoms with Gasteiger partial charge in [0.15, 0.2) is 0 Å². The van der Waals surface area contributed by atoms with E-state index < -0.39 is 17.9 Å². The van der Waals surface area contributed by atoms with Gasteiger partial charge in [-0.3, -0.25) is 19.7 Å². The molecule has 1 aliphatic rings. The minimum atomic E-state index is -0.600. The molecule has 2 rings (SSSR count). The first-order chi connectivity index (χ1) is 8.52. The standard InChI is InChI=1S/C11H12BrN3O3/c1-2-8-10(17)14-9(16)5-15(8)11(18)7-3-6(12)4-13-7/h3-4,8,13H,2,5H2,1H3,(H,14,16,17). The van der Waals surface area contributed by atoms with Crippen LogP contribution >= 0.6 is 15.9 Å². The number of rotatable bonds is 2. The van der Waals surface area contributed by atoms with Crippen LogP contribution in [0.3, 0.4) is 0 Å². The molecule has 1 atom stereocenters. The minimum absolute atomic E-state index is 0.0975. The maximum Gasteiger partial charge on any atom is 0.271 e. The third kappa shape index (κ3) is 2.31. The van der Waals surface area contributed by atoms with Crippen molar-refractivity contribution in [2.75, 3.05) is 6.54 Å². The van der Waals surface area contributed by atoms with Crippen molar-refractivity contribution >= 4 is 33.7 Å². The lowest BCUT2D eigenvalue weighted by atomic mass is 10.1. The van der Waals surface area contributed by atoms with Crippen LogP contribution in [-0.2, 0) is 9.59 Å². The summed E-state index contributed by atoms with van der Waals surface area (Å²) < 4.78 is 0.742. The van der Waals surface area contributed by atoms with Crippen molar-refractivity contribution in [3.8, 4) is 0 Å². The molecule has 0 bridgehead atoms. The molecule has 0 saturated carbocycles. The topological polar surface area (TPSA) is 82.3 Å². The fourth-order valence-corrected chi connectivity index (χ4v) is 2.28. The summed E-state index contributed by atoms with van der Waals surface area (Å²) in [5.74, 6) is -1.23. The van der Waals surface area contributed by atoms with Gasteiger partial charge in [0.25, 0.3) is 5.91 Å². The monoisotopic (exact) mass is 313 g/mol. The molecule has 1 unspecified atom stereocenters. The predicted octanol–water partition coefficient (Wildman–Crippen LogP) is 0.654. The van der Waals surface area contributed by atoms with Crippen LogP contribution < -0.4 is 5.32 Å². The average molecular weight is 314 g/mol. The molecular weight excluding hydrogens is 302 g/mol. The number of carbonyl (C=O) groups excluding carboxylic acids is 3. The summed E-state index contributed by atoms with van der Waals surface area (Å²) in [6, 6.07) is 1.02. The quantitative estimate of drug-likeness (QED) is 0.787. The van der Waals surface area contributed by atoms with E-state index in [-0.39, 0.29) is 12.5 Å². The third-order valence-corrected chi connectivity index (χ3v) is 3.24. The van der Waals surface area contributed by atoms with Gasteiger partial charge in [-0.15, -0.1) is 0 Å².